The number of fused-ring (bicyclic) bond motifs is 2. The van der Waals surface area contributed by atoms with Crippen molar-refractivity contribution in [3.8, 4) is 0 Å². The molecule has 0 amide bonds. The van der Waals surface area contributed by atoms with Crippen molar-refractivity contribution in [2.24, 2.45) is 0 Å². The monoisotopic (exact) mass is 1090 g/mol. The quantitative estimate of drug-likeness (QED) is 0.0423. The molecule has 1 aliphatic carbocycles. The van der Waals surface area contributed by atoms with Gasteiger partial charge in [-0.2, -0.15) is 18.2 Å². The van der Waals surface area contributed by atoms with E-state index in [0.717, 1.165) is 69.8 Å². The molecule has 16 nitrogen and oxygen atoms in total. The van der Waals surface area contributed by atoms with E-state index in [1.165, 1.54) is 12.1 Å². The van der Waals surface area contributed by atoms with Crippen LogP contribution in [0.25, 0.3) is 5.57 Å². The Labute approximate surface area is 492 Å². The summed E-state index contributed by atoms with van der Waals surface area (Å²) in [5.74, 6) is -1.77. The van der Waals surface area contributed by atoms with Crippen LogP contribution in [0.15, 0.2) is 107 Å². The molecule has 0 bridgehead atoms. The smallest absolute Gasteiger partial charge is 0.748 e. The summed E-state index contributed by atoms with van der Waals surface area (Å²) in [6, 6.07) is 21.6. The zero-order chi connectivity index (χ0) is 51.0. The number of aryl methyl sites for hydroxylation is 1. The second-order valence-corrected chi connectivity index (χ2v) is 23.1. The van der Waals surface area contributed by atoms with Gasteiger partial charge in [-0.05, 0) is 115 Å². The Bertz CT molecular complexity index is 3070. The summed E-state index contributed by atoms with van der Waals surface area (Å²) < 4.78 is 133. The first-order valence-corrected chi connectivity index (χ1v) is 28.1. The van der Waals surface area contributed by atoms with Crippen LogP contribution >= 0.6 is 0 Å². The summed E-state index contributed by atoms with van der Waals surface area (Å²) in [4.78, 5) is 12.9. The van der Waals surface area contributed by atoms with Gasteiger partial charge in [0.15, 0.2) is 5.71 Å². The molecule has 374 valence electrons. The molecule has 0 saturated heterocycles. The van der Waals surface area contributed by atoms with Crippen molar-refractivity contribution in [3.63, 3.8) is 0 Å². The first kappa shape index (κ1) is 66.0. The Morgan fingerprint density at radius 2 is 1.44 bits per heavy atom. The van der Waals surface area contributed by atoms with Crippen LogP contribution in [0.4, 0.5) is 11.4 Å². The molecule has 2 aliphatic heterocycles. The SMILES string of the molecule is CC1(C)C(/C=C/C2=C(c3cccc(CCCCC(=O)O)c3)C(=C/C=C3/N(CCCCS(=O)(=O)[O-])c4ccc(S(=O)(=O)[O-])cc4C3(C)C)/CCC2)=[N+](CCCCS(=O)(=O)[O-])c2cc[c-]cc21.O=S(=O)=O.[Na+].[Na+].[Na+]. The fraction of sp³-hybridized carbons (Fsp3) is 0.429. The van der Waals surface area contributed by atoms with Crippen LogP contribution < -0.4 is 93.6 Å². The largest absolute Gasteiger partial charge is 1.00 e. The number of benzene rings is 3. The molecule has 72 heavy (non-hydrogen) atoms. The first-order chi connectivity index (χ1) is 32.2. The van der Waals surface area contributed by atoms with Crippen LogP contribution in [-0.2, 0) is 63.0 Å². The third-order valence-corrected chi connectivity index (χ3v) is 15.1. The van der Waals surface area contributed by atoms with Crippen molar-refractivity contribution in [2.75, 3.05) is 29.5 Å². The standard InChI is InChI=1S/C49H60N2O11S3.3Na.O3S/c1-48(2)40-20-6-7-21-42(40)50(29-9-11-31-63(54,55)56)44(48)27-23-36-17-14-18-37(47(36)38-19-13-16-35(33-38)15-5-8-22-46(52)53)24-28-45-49(3,4)41-34-39(65(60,61)62)25-26-43(41)51(45)30-10-12-32-64(57,58)59;;;;1-4(2)3/h7,13,16,19-21,23-28,33-34H,5,8-12,14-15,17-18,22,29-32H2,1-4H3,(H,52,53)(H,54,55,56)(H,57,58,59)(H,60,61,62);;;;/q;3*+1;/p-3. The molecule has 2 heterocycles. The molecule has 23 heteroatoms. The molecule has 3 aromatic rings. The molecule has 6 rings (SSSR count). The Balaban J connectivity index is 0.00000244. The van der Waals surface area contributed by atoms with E-state index in [1.807, 2.05) is 55.2 Å². The van der Waals surface area contributed by atoms with Crippen molar-refractivity contribution in [2.45, 2.75) is 114 Å². The Morgan fingerprint density at radius 1 is 0.792 bits per heavy atom. The number of allylic oxidation sites excluding steroid dienone is 8. The molecular weight excluding hydrogens is 1040 g/mol. The molecule has 1 N–H and O–H groups in total. The van der Waals surface area contributed by atoms with Crippen LogP contribution in [-0.4, -0.2) is 97.5 Å². The molecule has 0 spiro atoms. The van der Waals surface area contributed by atoms with Crippen LogP contribution in [0.3, 0.4) is 0 Å². The fourth-order valence-electron chi connectivity index (χ4n) is 9.43. The molecule has 0 radical (unpaired) electrons. The van der Waals surface area contributed by atoms with E-state index in [9.17, 15) is 48.8 Å². The summed E-state index contributed by atoms with van der Waals surface area (Å²) >= 11 is 0. The zero-order valence-electron chi connectivity index (χ0n) is 42.0. The normalized spacial score (nSPS) is 17.1. The van der Waals surface area contributed by atoms with Crippen LogP contribution in [0, 0.1) is 6.07 Å². The predicted molar refractivity (Wildman–Crippen MR) is 258 cm³/mol. The van der Waals surface area contributed by atoms with Gasteiger partial charge in [0, 0.05) is 59.2 Å². The van der Waals surface area contributed by atoms with Gasteiger partial charge in [-0.15, -0.1) is 18.7 Å². The van der Waals surface area contributed by atoms with Gasteiger partial charge in [0.2, 0.25) is 0 Å². The first-order valence-electron chi connectivity index (χ1n) is 22.5. The van der Waals surface area contributed by atoms with Crippen molar-refractivity contribution < 1.29 is 155 Å². The Kier molecular flexibility index (Phi) is 26.0. The van der Waals surface area contributed by atoms with Crippen molar-refractivity contribution in [1.82, 2.24) is 0 Å². The summed E-state index contributed by atoms with van der Waals surface area (Å²) in [6.07, 6.45) is 14.0. The number of nitrogens with zero attached hydrogens (tertiary/aromatic N) is 2. The van der Waals surface area contributed by atoms with E-state index in [1.54, 1.807) is 6.07 Å². The fourth-order valence-corrected chi connectivity index (χ4v) is 11.0. The van der Waals surface area contributed by atoms with Crippen molar-refractivity contribution >= 4 is 69.6 Å². The van der Waals surface area contributed by atoms with Gasteiger partial charge >= 0.3 is 105 Å². The van der Waals surface area contributed by atoms with Crippen LogP contribution in [0.5, 0.6) is 0 Å². The van der Waals surface area contributed by atoms with Gasteiger partial charge in [0.25, 0.3) is 0 Å². The minimum absolute atomic E-state index is 0. The minimum Gasteiger partial charge on any atom is -0.748 e. The van der Waals surface area contributed by atoms with Gasteiger partial charge in [0.05, 0.1) is 25.1 Å². The summed E-state index contributed by atoms with van der Waals surface area (Å²) in [7, 11) is -16.6. The molecule has 0 unspecified atom stereocenters. The van der Waals surface area contributed by atoms with E-state index in [0.29, 0.717) is 56.4 Å². The second kappa shape index (κ2) is 28.3. The van der Waals surface area contributed by atoms with Crippen molar-refractivity contribution in [3.05, 3.63) is 130 Å². The number of carboxylic acids is 1. The Morgan fingerprint density at radius 3 is 2.07 bits per heavy atom. The third-order valence-electron chi connectivity index (χ3n) is 12.7. The Hall–Kier alpha value is -2.09. The van der Waals surface area contributed by atoms with E-state index in [2.05, 4.69) is 54.9 Å². The number of unbranched alkanes of at least 4 members (excludes halogenated alkanes) is 3. The third kappa shape index (κ3) is 18.3. The van der Waals surface area contributed by atoms with Gasteiger partial charge < -0.3 is 23.7 Å². The molecule has 3 aliphatic rings. The topological polar surface area (TPSA) is 266 Å². The number of carboxylic acid groups (broad SMARTS) is 1. The number of hydrogen-bond donors (Lipinski definition) is 1. The number of hydrogen-bond acceptors (Lipinski definition) is 14. The van der Waals surface area contributed by atoms with Crippen molar-refractivity contribution in [1.29, 1.82) is 0 Å². The summed E-state index contributed by atoms with van der Waals surface area (Å²) in [5, 5.41) is 9.22. The summed E-state index contributed by atoms with van der Waals surface area (Å²) in [6.45, 7) is 9.02. The average Bonchev–Trinajstić information content (AvgIpc) is 3.60. The molecule has 0 aromatic heterocycles. The second-order valence-electron chi connectivity index (χ2n) is 18.3. The minimum atomic E-state index is -4.76. The van der Waals surface area contributed by atoms with Gasteiger partial charge in [-0.25, -0.2) is 29.8 Å². The zero-order valence-corrected chi connectivity index (χ0v) is 51.2. The molecule has 3 aromatic carbocycles. The molecule has 0 fully saturated rings. The number of carbonyl (C=O) groups is 1. The van der Waals surface area contributed by atoms with Gasteiger partial charge in [-0.3, -0.25) is 4.79 Å². The van der Waals surface area contributed by atoms with E-state index >= 15 is 0 Å². The number of aliphatic carboxylic acids is 1. The number of rotatable bonds is 20. The maximum Gasteiger partial charge on any atom is 1.00 e. The maximum absolute atomic E-state index is 12.2. The molecule has 0 atom stereocenters. The number of anilines is 1. The maximum atomic E-state index is 12.2. The molecule has 0 saturated carbocycles. The average molecular weight is 1100 g/mol. The van der Waals surface area contributed by atoms with E-state index < -0.39 is 69.3 Å². The van der Waals surface area contributed by atoms with Gasteiger partial charge in [-0.1, -0.05) is 69.7 Å². The van der Waals surface area contributed by atoms with Gasteiger partial charge in [0.1, 0.15) is 22.4 Å². The predicted octanol–water partition coefficient (Wildman–Crippen LogP) is -1.97. The van der Waals surface area contributed by atoms with E-state index in [-0.39, 0.29) is 113 Å². The summed E-state index contributed by atoms with van der Waals surface area (Å²) in [5.41, 5.74) is 9.21. The van der Waals surface area contributed by atoms with Crippen LogP contribution in [0.2, 0.25) is 0 Å². The van der Waals surface area contributed by atoms with Crippen LogP contribution in [0.1, 0.15) is 114 Å². The molecular formula is C49H57N2Na3O14S4. The van der Waals surface area contributed by atoms with E-state index in [4.69, 9.17) is 12.6 Å².